The van der Waals surface area contributed by atoms with Crippen LogP contribution in [0.15, 0.2) is 41.3 Å². The molecule has 0 spiro atoms. The van der Waals surface area contributed by atoms with Gasteiger partial charge in [0.05, 0.1) is 0 Å². The van der Waals surface area contributed by atoms with Crippen molar-refractivity contribution in [1.29, 1.82) is 0 Å². The highest BCUT2D eigenvalue weighted by molar-refractivity contribution is 5.94. The lowest BCUT2D eigenvalue weighted by Crippen LogP contribution is -2.48. The number of amides is 1. The first kappa shape index (κ1) is 17.2. The second-order valence-corrected chi connectivity index (χ2v) is 6.55. The second kappa shape index (κ2) is 7.09. The molecular formula is C19H22FN3O2. The monoisotopic (exact) mass is 343 g/mol. The van der Waals surface area contributed by atoms with Gasteiger partial charge in [0.1, 0.15) is 5.82 Å². The van der Waals surface area contributed by atoms with Crippen molar-refractivity contribution in [2.75, 3.05) is 18.0 Å². The Bertz CT molecular complexity index is 847. The largest absolute Gasteiger partial charge is 0.369 e. The number of carbonyl (C=O) groups is 1. The van der Waals surface area contributed by atoms with Gasteiger partial charge >= 0.3 is 0 Å². The third-order valence-corrected chi connectivity index (χ3v) is 4.62. The minimum absolute atomic E-state index is 0.00485. The lowest BCUT2D eigenvalue weighted by molar-refractivity contribution is 0.0933. The topological polar surface area (TPSA) is 54.3 Å². The van der Waals surface area contributed by atoms with Gasteiger partial charge in [-0.25, -0.2) is 4.39 Å². The molecule has 2 aromatic rings. The Kier molecular flexibility index (Phi) is 4.88. The molecule has 1 saturated heterocycles. The van der Waals surface area contributed by atoms with Gasteiger partial charge in [0, 0.05) is 49.7 Å². The van der Waals surface area contributed by atoms with Gasteiger partial charge in [-0.05, 0) is 49.6 Å². The summed E-state index contributed by atoms with van der Waals surface area (Å²) in [5.41, 5.74) is 2.05. The van der Waals surface area contributed by atoms with E-state index in [0.29, 0.717) is 12.1 Å². The number of benzene rings is 1. The summed E-state index contributed by atoms with van der Waals surface area (Å²) in [6, 6.07) is 7.76. The van der Waals surface area contributed by atoms with Gasteiger partial charge in [-0.1, -0.05) is 0 Å². The van der Waals surface area contributed by atoms with E-state index in [1.54, 1.807) is 25.4 Å². The van der Waals surface area contributed by atoms with E-state index in [-0.39, 0.29) is 23.3 Å². The molecule has 132 valence electrons. The van der Waals surface area contributed by atoms with Crippen LogP contribution in [0, 0.1) is 12.7 Å². The van der Waals surface area contributed by atoms with Gasteiger partial charge < -0.3 is 14.8 Å². The molecular weight excluding hydrogens is 321 g/mol. The molecule has 0 aliphatic carbocycles. The normalized spacial score (nSPS) is 17.4. The maximum atomic E-state index is 13.3. The van der Waals surface area contributed by atoms with Crippen molar-refractivity contribution in [1.82, 2.24) is 9.88 Å². The van der Waals surface area contributed by atoms with Crippen LogP contribution in [0.25, 0.3) is 0 Å². The predicted octanol–water partition coefficient (Wildman–Crippen LogP) is 2.23. The molecule has 1 fully saturated rings. The van der Waals surface area contributed by atoms with Crippen molar-refractivity contribution in [3.63, 3.8) is 0 Å². The summed E-state index contributed by atoms with van der Waals surface area (Å²) in [4.78, 5) is 26.3. The molecule has 1 aromatic heterocycles. The number of aromatic nitrogens is 1. The summed E-state index contributed by atoms with van der Waals surface area (Å²) >= 11 is 0. The van der Waals surface area contributed by atoms with Gasteiger partial charge in [0.25, 0.3) is 11.5 Å². The van der Waals surface area contributed by atoms with Crippen molar-refractivity contribution in [2.24, 2.45) is 7.05 Å². The quantitative estimate of drug-likeness (QED) is 0.930. The summed E-state index contributed by atoms with van der Waals surface area (Å²) < 4.78 is 14.7. The smallest absolute Gasteiger partial charge is 0.251 e. The first-order chi connectivity index (χ1) is 11.9. The molecule has 0 saturated carbocycles. The van der Waals surface area contributed by atoms with Gasteiger partial charge in [-0.3, -0.25) is 9.59 Å². The highest BCUT2D eigenvalue weighted by atomic mass is 19.1. The first-order valence-electron chi connectivity index (χ1n) is 8.42. The van der Waals surface area contributed by atoms with E-state index in [1.165, 1.54) is 22.8 Å². The third-order valence-electron chi connectivity index (χ3n) is 4.62. The Morgan fingerprint density at radius 1 is 1.28 bits per heavy atom. The molecule has 0 bridgehead atoms. The van der Waals surface area contributed by atoms with Crippen LogP contribution in [0.5, 0.6) is 0 Å². The van der Waals surface area contributed by atoms with Crippen molar-refractivity contribution in [3.05, 3.63) is 63.8 Å². The summed E-state index contributed by atoms with van der Waals surface area (Å²) in [5, 5.41) is 3.01. The summed E-state index contributed by atoms with van der Waals surface area (Å²) in [7, 11) is 1.65. The second-order valence-electron chi connectivity index (χ2n) is 6.55. The van der Waals surface area contributed by atoms with Crippen LogP contribution in [0.2, 0.25) is 0 Å². The Labute approximate surface area is 146 Å². The standard InChI is InChI=1S/C19H22FN3O2/c1-13-10-15(20)5-6-17(13)23-8-3-4-16(12-23)21-19(25)14-7-9-22(2)18(24)11-14/h5-7,9-11,16H,3-4,8,12H2,1-2H3,(H,21,25)/t16-/m0/s1. The summed E-state index contributed by atoms with van der Waals surface area (Å²) in [5.74, 6) is -0.478. The van der Waals surface area contributed by atoms with Crippen molar-refractivity contribution < 1.29 is 9.18 Å². The minimum Gasteiger partial charge on any atom is -0.369 e. The van der Waals surface area contributed by atoms with Gasteiger partial charge in [0.15, 0.2) is 0 Å². The number of hydrogen-bond donors (Lipinski definition) is 1. The van der Waals surface area contributed by atoms with Crippen molar-refractivity contribution >= 4 is 11.6 Å². The average Bonchev–Trinajstić information content (AvgIpc) is 2.57. The lowest BCUT2D eigenvalue weighted by atomic mass is 10.0. The zero-order chi connectivity index (χ0) is 18.0. The predicted molar refractivity (Wildman–Crippen MR) is 95.5 cm³/mol. The van der Waals surface area contributed by atoms with Gasteiger partial charge in [-0.15, -0.1) is 0 Å². The van der Waals surface area contributed by atoms with Crippen LogP contribution >= 0.6 is 0 Å². The fourth-order valence-electron chi connectivity index (χ4n) is 3.25. The molecule has 25 heavy (non-hydrogen) atoms. The summed E-state index contributed by atoms with van der Waals surface area (Å²) in [6.45, 7) is 3.44. The van der Waals surface area contributed by atoms with Crippen LogP contribution in [0.3, 0.4) is 0 Å². The molecule has 2 heterocycles. The number of piperidine rings is 1. The Morgan fingerprint density at radius 2 is 2.08 bits per heavy atom. The highest BCUT2D eigenvalue weighted by Gasteiger charge is 2.23. The molecule has 1 atom stereocenters. The van der Waals surface area contributed by atoms with E-state index in [9.17, 15) is 14.0 Å². The van der Waals surface area contributed by atoms with Gasteiger partial charge in [-0.2, -0.15) is 0 Å². The van der Waals surface area contributed by atoms with E-state index in [4.69, 9.17) is 0 Å². The number of anilines is 1. The third kappa shape index (κ3) is 3.90. The average molecular weight is 343 g/mol. The number of carbonyl (C=O) groups excluding carboxylic acids is 1. The van der Waals surface area contributed by atoms with Crippen LogP contribution in [0.4, 0.5) is 10.1 Å². The molecule has 1 aliphatic rings. The molecule has 0 radical (unpaired) electrons. The Balaban J connectivity index is 1.70. The molecule has 1 N–H and O–H groups in total. The first-order valence-corrected chi connectivity index (χ1v) is 8.42. The summed E-state index contributed by atoms with van der Waals surface area (Å²) in [6.07, 6.45) is 3.41. The maximum absolute atomic E-state index is 13.3. The molecule has 1 aromatic carbocycles. The number of hydrogen-bond acceptors (Lipinski definition) is 3. The van der Waals surface area contributed by atoms with Crippen molar-refractivity contribution in [3.8, 4) is 0 Å². The van der Waals surface area contributed by atoms with E-state index in [1.807, 2.05) is 6.92 Å². The number of pyridine rings is 1. The fourth-order valence-corrected chi connectivity index (χ4v) is 3.25. The van der Waals surface area contributed by atoms with E-state index >= 15 is 0 Å². The zero-order valence-corrected chi connectivity index (χ0v) is 14.5. The number of nitrogens with zero attached hydrogens (tertiary/aromatic N) is 2. The van der Waals surface area contributed by atoms with E-state index in [2.05, 4.69) is 10.2 Å². The Hall–Kier alpha value is -2.63. The number of rotatable bonds is 3. The molecule has 1 aliphatic heterocycles. The van der Waals surface area contributed by atoms with E-state index in [0.717, 1.165) is 30.6 Å². The maximum Gasteiger partial charge on any atom is 0.251 e. The van der Waals surface area contributed by atoms with Crippen molar-refractivity contribution in [2.45, 2.75) is 25.8 Å². The minimum atomic E-state index is -0.242. The molecule has 1 amide bonds. The SMILES string of the molecule is Cc1cc(F)ccc1N1CCC[C@H](NC(=O)c2ccn(C)c(=O)c2)C1. The fraction of sp³-hybridized carbons (Fsp3) is 0.368. The van der Waals surface area contributed by atoms with Gasteiger partial charge in [0.2, 0.25) is 0 Å². The van der Waals surface area contributed by atoms with Crippen LogP contribution in [-0.2, 0) is 7.05 Å². The Morgan fingerprint density at radius 3 is 2.80 bits per heavy atom. The van der Waals surface area contributed by atoms with Crippen LogP contribution < -0.4 is 15.8 Å². The number of nitrogens with one attached hydrogen (secondary N) is 1. The zero-order valence-electron chi connectivity index (χ0n) is 14.5. The van der Waals surface area contributed by atoms with Crippen LogP contribution in [-0.4, -0.2) is 29.6 Å². The van der Waals surface area contributed by atoms with E-state index < -0.39 is 0 Å². The molecule has 5 nitrogen and oxygen atoms in total. The lowest BCUT2D eigenvalue weighted by Gasteiger charge is -2.35. The molecule has 3 rings (SSSR count). The highest BCUT2D eigenvalue weighted by Crippen LogP contribution is 2.24. The molecule has 0 unspecified atom stereocenters. The van der Waals surface area contributed by atoms with Crippen LogP contribution in [0.1, 0.15) is 28.8 Å². The molecule has 6 heteroatoms. The number of halogens is 1. The number of aryl methyl sites for hydroxylation is 2.